The molecule has 0 aliphatic heterocycles. The van der Waals surface area contributed by atoms with Gasteiger partial charge in [0.05, 0.1) is 23.5 Å². The lowest BCUT2D eigenvalue weighted by molar-refractivity contribution is 0.768. The lowest BCUT2D eigenvalue weighted by atomic mass is 10.4. The summed E-state index contributed by atoms with van der Waals surface area (Å²) >= 11 is 0. The van der Waals surface area contributed by atoms with Gasteiger partial charge in [0, 0.05) is 25.6 Å². The van der Waals surface area contributed by atoms with Crippen LogP contribution in [0.4, 0.5) is 11.6 Å². The second kappa shape index (κ2) is 4.92. The van der Waals surface area contributed by atoms with Crippen molar-refractivity contribution in [2.24, 2.45) is 7.05 Å². The van der Waals surface area contributed by atoms with Gasteiger partial charge in [-0.3, -0.25) is 4.68 Å². The van der Waals surface area contributed by atoms with Crippen LogP contribution < -0.4 is 5.32 Å². The molecule has 0 unspecified atom stereocenters. The zero-order valence-corrected chi connectivity index (χ0v) is 11.7. The minimum Gasteiger partial charge on any atom is -0.321 e. The zero-order valence-electron chi connectivity index (χ0n) is 11.7. The lowest BCUT2D eigenvalue weighted by Crippen LogP contribution is -2.02. The first-order valence-electron chi connectivity index (χ1n) is 6.67. The SMILES string of the molecule is Cn1cc(Nc2ncc3cnn(-c4ccccn4)c3n2)cn1. The predicted molar refractivity (Wildman–Crippen MR) is 80.9 cm³/mol. The van der Waals surface area contributed by atoms with Gasteiger partial charge < -0.3 is 5.32 Å². The standard InChI is InChI=1S/C14H12N8/c1-21-9-11(8-17-21)19-14-16-6-10-7-18-22(13(10)20-14)12-4-2-3-5-15-12/h2-9H,1H3,(H,16,19,20). The zero-order chi connectivity index (χ0) is 14.9. The number of fused-ring (bicyclic) bond motifs is 1. The first kappa shape index (κ1) is 12.5. The van der Waals surface area contributed by atoms with Gasteiger partial charge >= 0.3 is 0 Å². The van der Waals surface area contributed by atoms with Crippen LogP contribution in [-0.2, 0) is 7.05 Å². The van der Waals surface area contributed by atoms with Crippen LogP contribution in [0.5, 0.6) is 0 Å². The molecule has 0 bridgehead atoms. The van der Waals surface area contributed by atoms with Crippen LogP contribution in [0.2, 0.25) is 0 Å². The van der Waals surface area contributed by atoms with E-state index in [1.54, 1.807) is 34.2 Å². The average Bonchev–Trinajstić information content (AvgIpc) is 3.14. The molecule has 22 heavy (non-hydrogen) atoms. The molecule has 4 heterocycles. The molecule has 4 aromatic heterocycles. The van der Waals surface area contributed by atoms with Crippen molar-refractivity contribution in [3.05, 3.63) is 49.2 Å². The largest absolute Gasteiger partial charge is 0.321 e. The number of anilines is 2. The number of nitrogens with one attached hydrogen (secondary N) is 1. The molecule has 0 saturated heterocycles. The Labute approximate surface area is 125 Å². The minimum atomic E-state index is 0.484. The van der Waals surface area contributed by atoms with Crippen molar-refractivity contribution in [1.29, 1.82) is 0 Å². The Morgan fingerprint density at radius 3 is 2.77 bits per heavy atom. The summed E-state index contributed by atoms with van der Waals surface area (Å²) in [5.41, 5.74) is 1.52. The van der Waals surface area contributed by atoms with Crippen molar-refractivity contribution in [3.63, 3.8) is 0 Å². The average molecular weight is 292 g/mol. The summed E-state index contributed by atoms with van der Waals surface area (Å²) in [6, 6.07) is 5.65. The highest BCUT2D eigenvalue weighted by Crippen LogP contribution is 2.17. The van der Waals surface area contributed by atoms with Gasteiger partial charge in [0.15, 0.2) is 11.5 Å². The Kier molecular flexibility index (Phi) is 2.78. The number of aryl methyl sites for hydroxylation is 1. The molecular formula is C14H12N8. The normalized spacial score (nSPS) is 11.0. The third kappa shape index (κ3) is 2.16. The Balaban J connectivity index is 1.76. The van der Waals surface area contributed by atoms with Crippen LogP contribution in [0.1, 0.15) is 0 Å². The summed E-state index contributed by atoms with van der Waals surface area (Å²) < 4.78 is 3.39. The summed E-state index contributed by atoms with van der Waals surface area (Å²) in [6.07, 6.45) is 8.73. The van der Waals surface area contributed by atoms with Gasteiger partial charge in [-0.05, 0) is 12.1 Å². The quantitative estimate of drug-likeness (QED) is 0.618. The maximum absolute atomic E-state index is 4.52. The molecule has 0 aliphatic rings. The topological polar surface area (TPSA) is 86.3 Å². The molecule has 4 aromatic rings. The molecule has 108 valence electrons. The van der Waals surface area contributed by atoms with E-state index in [0.29, 0.717) is 17.4 Å². The van der Waals surface area contributed by atoms with Gasteiger partial charge in [0.25, 0.3) is 0 Å². The van der Waals surface area contributed by atoms with Crippen LogP contribution in [0.15, 0.2) is 49.2 Å². The number of hydrogen-bond donors (Lipinski definition) is 1. The second-order valence-electron chi connectivity index (χ2n) is 4.74. The van der Waals surface area contributed by atoms with Crippen molar-refractivity contribution in [3.8, 4) is 5.82 Å². The summed E-state index contributed by atoms with van der Waals surface area (Å²) in [5, 5.41) is 12.4. The van der Waals surface area contributed by atoms with Gasteiger partial charge in [-0.2, -0.15) is 19.9 Å². The second-order valence-corrected chi connectivity index (χ2v) is 4.74. The Hall–Kier alpha value is -3.29. The molecular weight excluding hydrogens is 280 g/mol. The molecule has 0 radical (unpaired) electrons. The van der Waals surface area contributed by atoms with E-state index in [-0.39, 0.29) is 0 Å². The van der Waals surface area contributed by atoms with Crippen LogP contribution in [0, 0.1) is 0 Å². The maximum Gasteiger partial charge on any atom is 0.229 e. The lowest BCUT2D eigenvalue weighted by Gasteiger charge is -2.03. The van der Waals surface area contributed by atoms with E-state index < -0.39 is 0 Å². The highest BCUT2D eigenvalue weighted by Gasteiger charge is 2.09. The summed E-state index contributed by atoms with van der Waals surface area (Å²) in [6.45, 7) is 0. The number of rotatable bonds is 3. The van der Waals surface area contributed by atoms with E-state index >= 15 is 0 Å². The minimum absolute atomic E-state index is 0.484. The van der Waals surface area contributed by atoms with Crippen molar-refractivity contribution in [1.82, 2.24) is 34.5 Å². The molecule has 8 nitrogen and oxygen atoms in total. The highest BCUT2D eigenvalue weighted by atomic mass is 15.3. The van der Waals surface area contributed by atoms with Crippen molar-refractivity contribution >= 4 is 22.7 Å². The molecule has 0 aromatic carbocycles. The van der Waals surface area contributed by atoms with Gasteiger partial charge in [0.1, 0.15) is 0 Å². The molecule has 0 saturated carbocycles. The number of aromatic nitrogens is 7. The summed E-state index contributed by atoms with van der Waals surface area (Å²) in [5.74, 6) is 1.20. The molecule has 0 aliphatic carbocycles. The van der Waals surface area contributed by atoms with Crippen LogP contribution in [0.3, 0.4) is 0 Å². The Morgan fingerprint density at radius 2 is 2.00 bits per heavy atom. The van der Waals surface area contributed by atoms with E-state index in [2.05, 4.69) is 30.5 Å². The number of hydrogen-bond acceptors (Lipinski definition) is 6. The van der Waals surface area contributed by atoms with Crippen LogP contribution >= 0.6 is 0 Å². The van der Waals surface area contributed by atoms with Gasteiger partial charge in [-0.1, -0.05) is 6.07 Å². The van der Waals surface area contributed by atoms with Crippen LogP contribution in [-0.4, -0.2) is 34.5 Å². The van der Waals surface area contributed by atoms with E-state index in [1.165, 1.54) is 0 Å². The maximum atomic E-state index is 4.52. The number of nitrogens with zero attached hydrogens (tertiary/aromatic N) is 7. The molecule has 0 spiro atoms. The fraction of sp³-hybridized carbons (Fsp3) is 0.0714. The Bertz CT molecular complexity index is 924. The smallest absolute Gasteiger partial charge is 0.229 e. The monoisotopic (exact) mass is 292 g/mol. The molecule has 4 rings (SSSR count). The van der Waals surface area contributed by atoms with Crippen molar-refractivity contribution < 1.29 is 0 Å². The molecule has 0 atom stereocenters. The summed E-state index contributed by atoms with van der Waals surface area (Å²) in [7, 11) is 1.85. The van der Waals surface area contributed by atoms with Crippen molar-refractivity contribution in [2.45, 2.75) is 0 Å². The third-order valence-electron chi connectivity index (χ3n) is 3.14. The fourth-order valence-electron chi connectivity index (χ4n) is 2.14. The first-order chi connectivity index (χ1) is 10.8. The van der Waals surface area contributed by atoms with E-state index in [1.807, 2.05) is 31.4 Å². The predicted octanol–water partition coefficient (Wildman–Crippen LogP) is 1.69. The fourth-order valence-corrected chi connectivity index (χ4v) is 2.14. The van der Waals surface area contributed by atoms with Gasteiger partial charge in [0.2, 0.25) is 5.95 Å². The molecule has 0 fully saturated rings. The highest BCUT2D eigenvalue weighted by molar-refractivity contribution is 5.76. The Morgan fingerprint density at radius 1 is 1.05 bits per heavy atom. The number of pyridine rings is 1. The summed E-state index contributed by atoms with van der Waals surface area (Å²) in [4.78, 5) is 13.1. The van der Waals surface area contributed by atoms with Crippen LogP contribution in [0.25, 0.3) is 16.9 Å². The van der Waals surface area contributed by atoms with E-state index in [9.17, 15) is 0 Å². The third-order valence-corrected chi connectivity index (χ3v) is 3.14. The van der Waals surface area contributed by atoms with Crippen molar-refractivity contribution in [2.75, 3.05) is 5.32 Å². The van der Waals surface area contributed by atoms with Gasteiger partial charge in [-0.25, -0.2) is 9.97 Å². The van der Waals surface area contributed by atoms with E-state index in [4.69, 9.17) is 0 Å². The van der Waals surface area contributed by atoms with E-state index in [0.717, 1.165) is 11.1 Å². The molecule has 0 amide bonds. The molecule has 8 heteroatoms. The van der Waals surface area contributed by atoms with Gasteiger partial charge in [-0.15, -0.1) is 0 Å². The first-order valence-corrected chi connectivity index (χ1v) is 6.67. The molecule has 1 N–H and O–H groups in total.